The lowest BCUT2D eigenvalue weighted by Crippen LogP contribution is -2.15. The molecule has 2 aromatic rings. The minimum Gasteiger partial charge on any atom is -0.387 e. The van der Waals surface area contributed by atoms with E-state index in [0.29, 0.717) is 10.3 Å². The molecule has 1 aromatic carbocycles. The molecular weight excluding hydrogens is 342 g/mol. The lowest BCUT2D eigenvalue weighted by Gasteiger charge is -2.09. The monoisotopic (exact) mass is 351 g/mol. The van der Waals surface area contributed by atoms with E-state index >= 15 is 0 Å². The van der Waals surface area contributed by atoms with Crippen molar-refractivity contribution in [3.63, 3.8) is 0 Å². The van der Waals surface area contributed by atoms with Gasteiger partial charge in [-0.15, -0.1) is 0 Å². The van der Waals surface area contributed by atoms with Crippen molar-refractivity contribution in [1.29, 1.82) is 0 Å². The highest BCUT2D eigenvalue weighted by Crippen LogP contribution is 2.22. The maximum absolute atomic E-state index is 12.2. The Bertz CT molecular complexity index is 690. The van der Waals surface area contributed by atoms with Gasteiger partial charge in [0.25, 0.3) is 11.6 Å². The smallest absolute Gasteiger partial charge is 0.270 e. The van der Waals surface area contributed by atoms with Crippen LogP contribution in [0.4, 0.5) is 17.2 Å². The quantitative estimate of drug-likeness (QED) is 0.646. The molecule has 0 saturated carbocycles. The number of anilines is 2. The Morgan fingerprint density at radius 3 is 2.67 bits per heavy atom. The summed E-state index contributed by atoms with van der Waals surface area (Å²) in [5.74, 6) is -0.267. The largest absolute Gasteiger partial charge is 0.387 e. The van der Waals surface area contributed by atoms with Gasteiger partial charge < -0.3 is 10.6 Å². The van der Waals surface area contributed by atoms with Crippen molar-refractivity contribution in [3.05, 3.63) is 50.9 Å². The molecule has 21 heavy (non-hydrogen) atoms. The number of hydrogen-bond acceptors (Lipinski definition) is 6. The molecule has 0 aliphatic heterocycles. The van der Waals surface area contributed by atoms with Gasteiger partial charge in [0.15, 0.2) is 5.82 Å². The number of aromatic nitrogens is 2. The number of nitrogens with one attached hydrogen (secondary N) is 2. The molecule has 9 heteroatoms. The summed E-state index contributed by atoms with van der Waals surface area (Å²) < 4.78 is 0.534. The van der Waals surface area contributed by atoms with Gasteiger partial charge >= 0.3 is 0 Å². The van der Waals surface area contributed by atoms with E-state index in [-0.39, 0.29) is 17.1 Å². The molecule has 0 spiro atoms. The fraction of sp³-hybridized carbons (Fsp3) is 0.0833. The van der Waals surface area contributed by atoms with Crippen LogP contribution >= 0.6 is 15.9 Å². The zero-order valence-electron chi connectivity index (χ0n) is 10.8. The van der Waals surface area contributed by atoms with Crippen molar-refractivity contribution < 1.29 is 9.72 Å². The molecular formula is C12H10BrN5O3. The summed E-state index contributed by atoms with van der Waals surface area (Å²) in [7, 11) is 1.62. The van der Waals surface area contributed by atoms with Crippen LogP contribution in [0.3, 0.4) is 0 Å². The molecule has 0 atom stereocenters. The van der Waals surface area contributed by atoms with Crippen LogP contribution in [0, 0.1) is 10.1 Å². The SMILES string of the molecule is CNc1ccc([N+](=O)[O-])cc1C(=O)Nc1cnc(Br)cn1. The van der Waals surface area contributed by atoms with Gasteiger partial charge in [0, 0.05) is 24.9 Å². The molecule has 0 bridgehead atoms. The zero-order valence-corrected chi connectivity index (χ0v) is 12.4. The average Bonchev–Trinajstić information content (AvgIpc) is 2.48. The topological polar surface area (TPSA) is 110 Å². The Labute approximate surface area is 127 Å². The van der Waals surface area contributed by atoms with Crippen molar-refractivity contribution in [2.75, 3.05) is 17.7 Å². The summed E-state index contributed by atoms with van der Waals surface area (Å²) in [5.41, 5.74) is 0.459. The number of carbonyl (C=O) groups excluding carboxylic acids is 1. The Morgan fingerprint density at radius 1 is 1.33 bits per heavy atom. The summed E-state index contributed by atoms with van der Waals surface area (Å²) in [6.45, 7) is 0. The summed E-state index contributed by atoms with van der Waals surface area (Å²) >= 11 is 3.13. The van der Waals surface area contributed by atoms with Crippen LogP contribution in [-0.2, 0) is 0 Å². The summed E-state index contributed by atoms with van der Waals surface area (Å²) in [6.07, 6.45) is 2.81. The van der Waals surface area contributed by atoms with Gasteiger partial charge in [-0.2, -0.15) is 0 Å². The van der Waals surface area contributed by atoms with Crippen LogP contribution in [0.15, 0.2) is 35.2 Å². The number of amides is 1. The van der Waals surface area contributed by atoms with Gasteiger partial charge in [0.1, 0.15) is 4.60 Å². The van der Waals surface area contributed by atoms with Gasteiger partial charge in [-0.25, -0.2) is 9.97 Å². The van der Waals surface area contributed by atoms with Crippen LogP contribution in [0.5, 0.6) is 0 Å². The third-order valence-electron chi connectivity index (χ3n) is 2.59. The molecule has 1 heterocycles. The highest BCUT2D eigenvalue weighted by molar-refractivity contribution is 9.10. The molecule has 1 aromatic heterocycles. The van der Waals surface area contributed by atoms with Crippen LogP contribution in [0.2, 0.25) is 0 Å². The predicted molar refractivity (Wildman–Crippen MR) is 80.3 cm³/mol. The van der Waals surface area contributed by atoms with E-state index < -0.39 is 10.8 Å². The first kappa shape index (κ1) is 14.9. The summed E-state index contributed by atoms with van der Waals surface area (Å²) in [6, 6.07) is 4.00. The number of nitro groups is 1. The molecule has 8 nitrogen and oxygen atoms in total. The first-order chi connectivity index (χ1) is 10.0. The molecule has 1 amide bonds. The highest BCUT2D eigenvalue weighted by Gasteiger charge is 2.16. The third-order valence-corrected chi connectivity index (χ3v) is 3.00. The maximum Gasteiger partial charge on any atom is 0.270 e. The number of benzene rings is 1. The van der Waals surface area contributed by atoms with E-state index in [1.165, 1.54) is 30.6 Å². The Kier molecular flexibility index (Phi) is 4.43. The summed E-state index contributed by atoms with van der Waals surface area (Å²) in [5, 5.41) is 16.1. The second-order valence-electron chi connectivity index (χ2n) is 3.92. The van der Waals surface area contributed by atoms with E-state index in [0.717, 1.165) is 0 Å². The van der Waals surface area contributed by atoms with Gasteiger partial charge in [-0.3, -0.25) is 14.9 Å². The van der Waals surface area contributed by atoms with E-state index in [9.17, 15) is 14.9 Å². The third kappa shape index (κ3) is 3.51. The van der Waals surface area contributed by atoms with Crippen molar-refractivity contribution in [2.45, 2.75) is 0 Å². The molecule has 0 aliphatic carbocycles. The van der Waals surface area contributed by atoms with Crippen LogP contribution in [-0.4, -0.2) is 27.8 Å². The number of carbonyl (C=O) groups is 1. The van der Waals surface area contributed by atoms with Gasteiger partial charge in [0.05, 0.1) is 22.9 Å². The highest BCUT2D eigenvalue weighted by atomic mass is 79.9. The first-order valence-corrected chi connectivity index (χ1v) is 6.55. The number of halogens is 1. The second-order valence-corrected chi connectivity index (χ2v) is 4.73. The van der Waals surface area contributed by atoms with Crippen LogP contribution < -0.4 is 10.6 Å². The number of non-ortho nitro benzene ring substituents is 1. The molecule has 0 radical (unpaired) electrons. The average molecular weight is 352 g/mol. The number of nitrogens with zero attached hydrogens (tertiary/aromatic N) is 3. The van der Waals surface area contributed by atoms with Crippen LogP contribution in [0.25, 0.3) is 0 Å². The standard InChI is InChI=1S/C12H10BrN5O3/c1-14-9-3-2-7(18(20)21)4-8(9)12(19)17-11-6-15-10(13)5-16-11/h2-6,14H,1H3,(H,16,17,19). The van der Waals surface area contributed by atoms with Gasteiger partial charge in [-0.1, -0.05) is 0 Å². The molecule has 0 aliphatic rings. The minimum absolute atomic E-state index is 0.149. The normalized spacial score (nSPS) is 10.0. The Balaban J connectivity index is 2.30. The van der Waals surface area contributed by atoms with Crippen LogP contribution in [0.1, 0.15) is 10.4 Å². The van der Waals surface area contributed by atoms with E-state index in [4.69, 9.17) is 0 Å². The lowest BCUT2D eigenvalue weighted by atomic mass is 10.1. The van der Waals surface area contributed by atoms with Crippen molar-refractivity contribution in [1.82, 2.24) is 9.97 Å². The first-order valence-electron chi connectivity index (χ1n) is 5.76. The molecule has 2 rings (SSSR count). The molecule has 0 saturated heterocycles. The molecule has 0 unspecified atom stereocenters. The van der Waals surface area contributed by atoms with Crippen molar-refractivity contribution in [2.24, 2.45) is 0 Å². The fourth-order valence-electron chi connectivity index (χ4n) is 1.61. The van der Waals surface area contributed by atoms with Crippen molar-refractivity contribution in [3.8, 4) is 0 Å². The maximum atomic E-state index is 12.2. The van der Waals surface area contributed by atoms with E-state index in [2.05, 4.69) is 36.5 Å². The molecule has 108 valence electrons. The number of nitro benzene ring substituents is 1. The van der Waals surface area contributed by atoms with E-state index in [1.54, 1.807) is 7.05 Å². The number of hydrogen-bond donors (Lipinski definition) is 2. The zero-order chi connectivity index (χ0) is 15.4. The lowest BCUT2D eigenvalue weighted by molar-refractivity contribution is -0.384. The number of rotatable bonds is 4. The minimum atomic E-state index is -0.560. The molecule has 0 fully saturated rings. The van der Waals surface area contributed by atoms with Crippen molar-refractivity contribution >= 4 is 39.0 Å². The Morgan fingerprint density at radius 2 is 2.10 bits per heavy atom. The van der Waals surface area contributed by atoms with Gasteiger partial charge in [-0.05, 0) is 22.0 Å². The summed E-state index contributed by atoms with van der Waals surface area (Å²) in [4.78, 5) is 30.3. The fourth-order valence-corrected chi connectivity index (χ4v) is 1.82. The second kappa shape index (κ2) is 6.27. The van der Waals surface area contributed by atoms with E-state index in [1.807, 2.05) is 0 Å². The Hall–Kier alpha value is -2.55. The predicted octanol–water partition coefficient (Wildman–Crippen LogP) is 2.44. The molecule has 2 N–H and O–H groups in total. The van der Waals surface area contributed by atoms with Gasteiger partial charge in [0.2, 0.25) is 0 Å².